The molecule has 2 aliphatic rings. The molecule has 164 valence electrons. The van der Waals surface area contributed by atoms with Crippen molar-refractivity contribution in [1.82, 2.24) is 15.5 Å². The highest BCUT2D eigenvalue weighted by Gasteiger charge is 2.29. The molecule has 1 aliphatic heterocycles. The van der Waals surface area contributed by atoms with Gasteiger partial charge in [-0.3, -0.25) is 9.69 Å². The number of fused-ring (bicyclic) bond motifs is 1. The van der Waals surface area contributed by atoms with Crippen LogP contribution in [0.25, 0.3) is 0 Å². The van der Waals surface area contributed by atoms with Gasteiger partial charge in [-0.1, -0.05) is 36.4 Å². The Kier molecular flexibility index (Phi) is 6.56. The summed E-state index contributed by atoms with van der Waals surface area (Å²) in [5.74, 6) is 0.288. The van der Waals surface area contributed by atoms with Crippen LogP contribution >= 0.6 is 0 Å². The monoisotopic (exact) mass is 420 g/mol. The molecular formula is C25H32N4O2. The highest BCUT2D eigenvalue weighted by atomic mass is 16.2. The van der Waals surface area contributed by atoms with Crippen LogP contribution in [0.15, 0.2) is 48.5 Å². The lowest BCUT2D eigenvalue weighted by molar-refractivity contribution is -0.117. The summed E-state index contributed by atoms with van der Waals surface area (Å²) in [6.07, 6.45) is 3.04. The minimum Gasteiger partial charge on any atom is -0.337 e. The van der Waals surface area contributed by atoms with Crippen molar-refractivity contribution in [3.05, 3.63) is 65.2 Å². The molecule has 0 aromatic heterocycles. The molecule has 3 N–H and O–H groups in total. The number of nitrogens with one attached hydrogen (secondary N) is 3. The fourth-order valence-corrected chi connectivity index (χ4v) is 4.04. The summed E-state index contributed by atoms with van der Waals surface area (Å²) in [6.45, 7) is 6.67. The number of benzene rings is 2. The third kappa shape index (κ3) is 5.64. The van der Waals surface area contributed by atoms with Crippen LogP contribution in [0.4, 0.5) is 10.5 Å². The van der Waals surface area contributed by atoms with Gasteiger partial charge in [-0.05, 0) is 61.9 Å². The lowest BCUT2D eigenvalue weighted by atomic mass is 9.99. The zero-order valence-corrected chi connectivity index (χ0v) is 18.4. The van der Waals surface area contributed by atoms with E-state index in [1.165, 1.54) is 11.1 Å². The van der Waals surface area contributed by atoms with E-state index in [9.17, 15) is 9.59 Å². The van der Waals surface area contributed by atoms with E-state index in [0.29, 0.717) is 6.54 Å². The fraction of sp³-hybridized carbons (Fsp3) is 0.440. The van der Waals surface area contributed by atoms with E-state index < -0.39 is 0 Å². The first kappa shape index (κ1) is 21.4. The molecule has 4 rings (SSSR count). The van der Waals surface area contributed by atoms with Gasteiger partial charge in [0.1, 0.15) is 0 Å². The van der Waals surface area contributed by atoms with E-state index in [1.54, 1.807) is 0 Å². The summed E-state index contributed by atoms with van der Waals surface area (Å²) in [5.41, 5.74) is 4.62. The molecule has 1 fully saturated rings. The maximum Gasteiger partial charge on any atom is 0.315 e. The predicted molar refractivity (Wildman–Crippen MR) is 123 cm³/mol. The van der Waals surface area contributed by atoms with Gasteiger partial charge in [-0.2, -0.15) is 0 Å². The Morgan fingerprint density at radius 3 is 2.45 bits per heavy atom. The molecule has 2 aromatic carbocycles. The van der Waals surface area contributed by atoms with E-state index in [1.807, 2.05) is 31.2 Å². The molecule has 1 aliphatic carbocycles. The van der Waals surface area contributed by atoms with Gasteiger partial charge in [0.15, 0.2) is 0 Å². The average molecular weight is 421 g/mol. The molecule has 0 saturated heterocycles. The van der Waals surface area contributed by atoms with Crippen molar-refractivity contribution in [2.24, 2.45) is 5.92 Å². The molecule has 1 heterocycles. The number of nitrogens with zero attached hydrogens (tertiary/aromatic N) is 1. The van der Waals surface area contributed by atoms with E-state index >= 15 is 0 Å². The first-order valence-electron chi connectivity index (χ1n) is 11.3. The van der Waals surface area contributed by atoms with Gasteiger partial charge in [0.05, 0.1) is 6.04 Å². The highest BCUT2D eigenvalue weighted by Crippen LogP contribution is 2.30. The van der Waals surface area contributed by atoms with Crippen LogP contribution in [0.1, 0.15) is 49.4 Å². The zero-order chi connectivity index (χ0) is 21.8. The molecule has 1 saturated carbocycles. The number of hydrogen-bond acceptors (Lipinski definition) is 3. The summed E-state index contributed by atoms with van der Waals surface area (Å²) in [7, 11) is 0. The second-order valence-corrected chi connectivity index (χ2v) is 8.80. The molecule has 2 atom stereocenters. The number of hydrogen-bond donors (Lipinski definition) is 3. The van der Waals surface area contributed by atoms with E-state index in [4.69, 9.17) is 0 Å². The SMILES string of the molecule is C[C@H](CNC(=O)N[C@H](C)c1ccc(NC(=O)C2CC2)cc1)N1CCc2ccccc2C1. The molecule has 2 aromatic rings. The normalized spacial score (nSPS) is 17.9. The first-order valence-corrected chi connectivity index (χ1v) is 11.3. The van der Waals surface area contributed by atoms with E-state index in [-0.39, 0.29) is 29.9 Å². The Balaban J connectivity index is 1.21. The Hall–Kier alpha value is -2.86. The van der Waals surface area contributed by atoms with Gasteiger partial charge in [-0.25, -0.2) is 4.79 Å². The van der Waals surface area contributed by atoms with Crippen molar-refractivity contribution in [2.45, 2.75) is 51.7 Å². The van der Waals surface area contributed by atoms with Crippen LogP contribution < -0.4 is 16.0 Å². The van der Waals surface area contributed by atoms with Gasteiger partial charge < -0.3 is 16.0 Å². The van der Waals surface area contributed by atoms with E-state index in [2.05, 4.69) is 52.0 Å². The third-order valence-corrected chi connectivity index (χ3v) is 6.32. The quantitative estimate of drug-likeness (QED) is 0.637. The number of carbonyl (C=O) groups excluding carboxylic acids is 2. The summed E-state index contributed by atoms with van der Waals surface area (Å²) in [5, 5.41) is 8.95. The Morgan fingerprint density at radius 1 is 1.03 bits per heavy atom. The van der Waals surface area contributed by atoms with Crippen LogP contribution in [-0.2, 0) is 17.8 Å². The maximum atomic E-state index is 12.4. The number of amides is 3. The van der Waals surface area contributed by atoms with Crippen LogP contribution in [0.3, 0.4) is 0 Å². The molecule has 0 bridgehead atoms. The zero-order valence-electron chi connectivity index (χ0n) is 18.4. The molecule has 6 heteroatoms. The Labute approximate surface area is 184 Å². The van der Waals surface area contributed by atoms with Crippen molar-refractivity contribution in [1.29, 1.82) is 0 Å². The summed E-state index contributed by atoms with van der Waals surface area (Å²) >= 11 is 0. The number of urea groups is 1. The molecule has 0 unspecified atom stereocenters. The lowest BCUT2D eigenvalue weighted by Crippen LogP contribution is -2.47. The molecule has 3 amide bonds. The molecule has 31 heavy (non-hydrogen) atoms. The predicted octanol–water partition coefficient (Wildman–Crippen LogP) is 3.84. The van der Waals surface area contributed by atoms with Crippen molar-refractivity contribution in [3.8, 4) is 0 Å². The highest BCUT2D eigenvalue weighted by molar-refractivity contribution is 5.94. The second-order valence-electron chi connectivity index (χ2n) is 8.80. The maximum absolute atomic E-state index is 12.4. The van der Waals surface area contributed by atoms with Crippen LogP contribution in [0.2, 0.25) is 0 Å². The summed E-state index contributed by atoms with van der Waals surface area (Å²) in [4.78, 5) is 26.7. The van der Waals surface area contributed by atoms with Gasteiger partial charge >= 0.3 is 6.03 Å². The van der Waals surface area contributed by atoms with Crippen molar-refractivity contribution >= 4 is 17.6 Å². The van der Waals surface area contributed by atoms with E-state index in [0.717, 1.165) is 43.6 Å². The molecule has 6 nitrogen and oxygen atoms in total. The number of carbonyl (C=O) groups is 2. The number of anilines is 1. The first-order chi connectivity index (χ1) is 15.0. The van der Waals surface area contributed by atoms with Crippen molar-refractivity contribution < 1.29 is 9.59 Å². The summed E-state index contributed by atoms with van der Waals surface area (Å²) < 4.78 is 0. The van der Waals surface area contributed by atoms with Gasteiger partial charge in [0, 0.05) is 37.3 Å². The Bertz CT molecular complexity index is 923. The molecular weight excluding hydrogens is 388 g/mol. The van der Waals surface area contributed by atoms with Crippen molar-refractivity contribution in [3.63, 3.8) is 0 Å². The molecule has 0 radical (unpaired) electrons. The largest absolute Gasteiger partial charge is 0.337 e. The second kappa shape index (κ2) is 9.52. The van der Waals surface area contributed by atoms with Crippen LogP contribution in [-0.4, -0.2) is 36.0 Å². The standard InChI is InChI=1S/C25H32N4O2/c1-17(29-14-13-20-5-3-4-6-22(20)16-29)15-26-25(31)27-18(2)19-9-11-23(12-10-19)28-24(30)21-7-8-21/h3-6,9-12,17-18,21H,7-8,13-16H2,1-2H3,(H,28,30)(H2,26,27,31)/t17-,18-/m1/s1. The summed E-state index contributed by atoms with van der Waals surface area (Å²) in [6, 6.07) is 16.2. The Morgan fingerprint density at radius 2 is 1.74 bits per heavy atom. The number of rotatable bonds is 7. The third-order valence-electron chi connectivity index (χ3n) is 6.32. The molecule has 0 spiro atoms. The van der Waals surface area contributed by atoms with Gasteiger partial charge in [0.2, 0.25) is 5.91 Å². The fourth-order valence-electron chi connectivity index (χ4n) is 4.04. The van der Waals surface area contributed by atoms with Crippen LogP contribution in [0.5, 0.6) is 0 Å². The van der Waals surface area contributed by atoms with Crippen LogP contribution in [0, 0.1) is 5.92 Å². The van der Waals surface area contributed by atoms with Crippen molar-refractivity contribution in [2.75, 3.05) is 18.4 Å². The topological polar surface area (TPSA) is 73.5 Å². The smallest absolute Gasteiger partial charge is 0.315 e. The average Bonchev–Trinajstić information content (AvgIpc) is 3.63. The minimum absolute atomic E-state index is 0.101. The van der Waals surface area contributed by atoms with Gasteiger partial charge in [0.25, 0.3) is 0 Å². The van der Waals surface area contributed by atoms with Gasteiger partial charge in [-0.15, -0.1) is 0 Å². The minimum atomic E-state index is -0.164. The lowest BCUT2D eigenvalue weighted by Gasteiger charge is -2.33.